The predicted molar refractivity (Wildman–Crippen MR) is 140 cm³/mol. The summed E-state index contributed by atoms with van der Waals surface area (Å²) in [7, 11) is 0. The largest absolute Gasteiger partial charge is 0.478 e. The van der Waals surface area contributed by atoms with Crippen LogP contribution in [0.1, 0.15) is 56.0 Å². The van der Waals surface area contributed by atoms with E-state index in [4.69, 9.17) is 11.6 Å². The summed E-state index contributed by atoms with van der Waals surface area (Å²) in [5.74, 6) is -0.910. The van der Waals surface area contributed by atoms with Crippen LogP contribution in [-0.4, -0.2) is 48.2 Å². The summed E-state index contributed by atoms with van der Waals surface area (Å²) in [4.78, 5) is 16.3. The van der Waals surface area contributed by atoms with Crippen LogP contribution in [0, 0.1) is 5.41 Å². The molecule has 1 saturated heterocycles. The molecule has 0 bridgehead atoms. The first-order chi connectivity index (χ1) is 15.6. The van der Waals surface area contributed by atoms with E-state index in [1.165, 1.54) is 17.6 Å². The Bertz CT molecular complexity index is 1060. The highest BCUT2D eigenvalue weighted by atomic mass is 79.9. The van der Waals surface area contributed by atoms with Crippen LogP contribution in [0.3, 0.4) is 0 Å². The lowest BCUT2D eigenvalue weighted by Crippen LogP contribution is -2.52. The monoisotopic (exact) mass is 530 g/mol. The van der Waals surface area contributed by atoms with Crippen LogP contribution in [0.2, 0.25) is 5.02 Å². The van der Waals surface area contributed by atoms with Crippen LogP contribution in [0.15, 0.2) is 52.5 Å². The lowest BCUT2D eigenvalue weighted by molar-refractivity contribution is 0.0696. The second-order valence-electron chi connectivity index (χ2n) is 10.2. The second kappa shape index (κ2) is 9.81. The number of halogens is 2. The molecule has 1 aliphatic heterocycles. The Balaban J connectivity index is 1.50. The number of rotatable bonds is 5. The first-order valence-corrected chi connectivity index (χ1v) is 12.8. The molecule has 1 N–H and O–H groups in total. The van der Waals surface area contributed by atoms with Gasteiger partial charge in [0.2, 0.25) is 0 Å². The number of hydrogen-bond donors (Lipinski definition) is 1. The highest BCUT2D eigenvalue weighted by molar-refractivity contribution is 9.10. The van der Waals surface area contributed by atoms with Gasteiger partial charge in [0.1, 0.15) is 0 Å². The van der Waals surface area contributed by atoms with E-state index >= 15 is 0 Å². The molecule has 176 valence electrons. The SMILES string of the molecule is CC1CN(CC2=C(c3ccc(Cl)cc3)CC(C)(C)CC2)CCN1c1ccc(C(=O)O)c(Br)c1. The molecule has 1 atom stereocenters. The van der Waals surface area contributed by atoms with Gasteiger partial charge in [0.05, 0.1) is 5.56 Å². The molecule has 1 heterocycles. The van der Waals surface area contributed by atoms with Crippen LogP contribution >= 0.6 is 27.5 Å². The van der Waals surface area contributed by atoms with Crippen molar-refractivity contribution in [2.45, 2.75) is 46.1 Å². The number of benzene rings is 2. The highest BCUT2D eigenvalue weighted by Gasteiger charge is 2.30. The van der Waals surface area contributed by atoms with E-state index in [2.05, 4.69) is 58.6 Å². The zero-order chi connectivity index (χ0) is 23.8. The zero-order valence-corrected chi connectivity index (χ0v) is 21.9. The third-order valence-corrected chi connectivity index (χ3v) is 7.93. The molecule has 1 fully saturated rings. The van der Waals surface area contributed by atoms with Crippen molar-refractivity contribution < 1.29 is 9.90 Å². The molecule has 0 spiro atoms. The molecule has 6 heteroatoms. The summed E-state index contributed by atoms with van der Waals surface area (Å²) >= 11 is 9.57. The molecule has 33 heavy (non-hydrogen) atoms. The molecule has 1 aliphatic carbocycles. The van der Waals surface area contributed by atoms with Gasteiger partial charge in [-0.05, 0) is 89.0 Å². The molecule has 1 unspecified atom stereocenters. The average molecular weight is 532 g/mol. The Hall–Kier alpha value is -1.82. The number of nitrogens with zero attached hydrogens (tertiary/aromatic N) is 2. The maximum Gasteiger partial charge on any atom is 0.336 e. The molecule has 2 aromatic carbocycles. The Kier molecular flexibility index (Phi) is 7.23. The third-order valence-electron chi connectivity index (χ3n) is 7.02. The molecule has 2 aromatic rings. The van der Waals surface area contributed by atoms with E-state index < -0.39 is 5.97 Å². The van der Waals surface area contributed by atoms with Crippen LogP contribution < -0.4 is 4.90 Å². The van der Waals surface area contributed by atoms with Gasteiger partial charge in [-0.1, -0.05) is 43.2 Å². The summed E-state index contributed by atoms with van der Waals surface area (Å²) in [6, 6.07) is 14.2. The van der Waals surface area contributed by atoms with Gasteiger partial charge in [0.25, 0.3) is 0 Å². The third kappa shape index (κ3) is 5.64. The Morgan fingerprint density at radius 2 is 1.91 bits per heavy atom. The molecular weight excluding hydrogens is 500 g/mol. The Morgan fingerprint density at radius 3 is 2.55 bits per heavy atom. The van der Waals surface area contributed by atoms with Crippen LogP contribution in [0.25, 0.3) is 5.57 Å². The van der Waals surface area contributed by atoms with Crippen molar-refractivity contribution in [3.05, 3.63) is 68.7 Å². The van der Waals surface area contributed by atoms with E-state index in [1.54, 1.807) is 11.6 Å². The number of carbonyl (C=O) groups is 1. The minimum Gasteiger partial charge on any atom is -0.478 e. The Morgan fingerprint density at radius 1 is 1.18 bits per heavy atom. The minimum atomic E-state index is -0.910. The number of carboxylic acids is 1. The second-order valence-corrected chi connectivity index (χ2v) is 11.5. The number of anilines is 1. The van der Waals surface area contributed by atoms with E-state index in [0.717, 1.165) is 49.7 Å². The standard InChI is InChI=1S/C27H32BrClN2O2/c1-18-16-30(12-13-31(18)22-8-9-23(26(32)33)25(28)14-22)17-20-10-11-27(2,3)15-24(20)19-4-6-21(29)7-5-19/h4-9,14,18H,10-13,15-17H2,1-3H3,(H,32,33). The Labute approximate surface area is 210 Å². The zero-order valence-electron chi connectivity index (χ0n) is 19.6. The van der Waals surface area contributed by atoms with Crippen molar-refractivity contribution in [2.24, 2.45) is 5.41 Å². The first-order valence-electron chi connectivity index (χ1n) is 11.6. The minimum absolute atomic E-state index is 0.298. The average Bonchev–Trinajstić information content (AvgIpc) is 2.75. The van der Waals surface area contributed by atoms with Crippen molar-refractivity contribution >= 4 is 44.8 Å². The lowest BCUT2D eigenvalue weighted by Gasteiger charge is -2.43. The van der Waals surface area contributed by atoms with Gasteiger partial charge in [-0.25, -0.2) is 4.79 Å². The fraction of sp³-hybridized carbons (Fsp3) is 0.444. The topological polar surface area (TPSA) is 43.8 Å². The van der Waals surface area contributed by atoms with Gasteiger partial charge >= 0.3 is 5.97 Å². The van der Waals surface area contributed by atoms with Crippen molar-refractivity contribution in [1.82, 2.24) is 4.90 Å². The summed E-state index contributed by atoms with van der Waals surface area (Å²) in [6.07, 6.45) is 3.46. The van der Waals surface area contributed by atoms with Crippen molar-refractivity contribution in [2.75, 3.05) is 31.1 Å². The molecule has 0 aromatic heterocycles. The molecular formula is C27H32BrClN2O2. The number of hydrogen-bond acceptors (Lipinski definition) is 3. The number of piperazine rings is 1. The maximum atomic E-state index is 11.3. The quantitative estimate of drug-likeness (QED) is 0.452. The molecule has 4 nitrogen and oxygen atoms in total. The van der Waals surface area contributed by atoms with E-state index in [9.17, 15) is 9.90 Å². The van der Waals surface area contributed by atoms with Gasteiger partial charge in [0, 0.05) is 47.4 Å². The number of aromatic carboxylic acids is 1. The smallest absolute Gasteiger partial charge is 0.336 e. The van der Waals surface area contributed by atoms with Gasteiger partial charge in [-0.2, -0.15) is 0 Å². The van der Waals surface area contributed by atoms with Crippen LogP contribution in [-0.2, 0) is 0 Å². The first kappa shape index (κ1) is 24.3. The van der Waals surface area contributed by atoms with E-state index in [-0.39, 0.29) is 0 Å². The normalized spacial score (nSPS) is 21.4. The molecule has 0 saturated carbocycles. The predicted octanol–water partition coefficient (Wildman–Crippen LogP) is 6.98. The van der Waals surface area contributed by atoms with Gasteiger partial charge in [-0.15, -0.1) is 0 Å². The van der Waals surface area contributed by atoms with E-state index in [1.807, 2.05) is 24.3 Å². The summed E-state index contributed by atoms with van der Waals surface area (Å²) in [5, 5.41) is 10.1. The highest BCUT2D eigenvalue weighted by Crippen LogP contribution is 2.43. The van der Waals surface area contributed by atoms with Crippen LogP contribution in [0.5, 0.6) is 0 Å². The van der Waals surface area contributed by atoms with Gasteiger partial charge in [0.15, 0.2) is 0 Å². The fourth-order valence-corrected chi connectivity index (χ4v) is 5.81. The van der Waals surface area contributed by atoms with Crippen LogP contribution in [0.4, 0.5) is 5.69 Å². The van der Waals surface area contributed by atoms with Gasteiger partial charge < -0.3 is 10.0 Å². The molecule has 2 aliphatic rings. The van der Waals surface area contributed by atoms with Crippen molar-refractivity contribution in [3.8, 4) is 0 Å². The summed E-state index contributed by atoms with van der Waals surface area (Å²) in [6.45, 7) is 10.9. The number of allylic oxidation sites excluding steroid dienone is 1. The maximum absolute atomic E-state index is 11.3. The molecule has 0 amide bonds. The number of carboxylic acid groups (broad SMARTS) is 1. The molecule has 0 radical (unpaired) electrons. The fourth-order valence-electron chi connectivity index (χ4n) is 5.15. The van der Waals surface area contributed by atoms with Crippen molar-refractivity contribution in [1.29, 1.82) is 0 Å². The lowest BCUT2D eigenvalue weighted by atomic mass is 9.72. The van der Waals surface area contributed by atoms with E-state index in [0.29, 0.717) is 21.5 Å². The van der Waals surface area contributed by atoms with Crippen molar-refractivity contribution in [3.63, 3.8) is 0 Å². The van der Waals surface area contributed by atoms with Gasteiger partial charge in [-0.3, -0.25) is 4.90 Å². The molecule has 4 rings (SSSR count). The summed E-state index contributed by atoms with van der Waals surface area (Å²) < 4.78 is 0.629. The summed E-state index contributed by atoms with van der Waals surface area (Å²) in [5.41, 5.74) is 6.04.